The van der Waals surface area contributed by atoms with Gasteiger partial charge in [-0.15, -0.1) is 0 Å². The van der Waals surface area contributed by atoms with Crippen LogP contribution in [-0.4, -0.2) is 34.0 Å². The normalized spacial score (nSPS) is 10.9. The second kappa shape index (κ2) is 9.88. The highest BCUT2D eigenvalue weighted by Crippen LogP contribution is 2.22. The zero-order valence-electron chi connectivity index (χ0n) is 15.9. The number of sulfonamides is 1. The minimum absolute atomic E-state index is 0.0205. The molecule has 1 amide bonds. The van der Waals surface area contributed by atoms with Crippen molar-refractivity contribution >= 4 is 21.6 Å². The van der Waals surface area contributed by atoms with E-state index < -0.39 is 10.0 Å². The maximum Gasteiger partial charge on any atom is 0.258 e. The molecule has 0 aliphatic rings. The topological polar surface area (TPSA) is 99.5 Å². The maximum absolute atomic E-state index is 13.1. The first-order valence-electron chi connectivity index (χ1n) is 8.94. The third-order valence-electron chi connectivity index (χ3n) is 3.88. The average molecular weight is 401 g/mol. The van der Waals surface area contributed by atoms with E-state index in [-0.39, 0.29) is 35.9 Å². The van der Waals surface area contributed by atoms with Crippen LogP contribution in [0.3, 0.4) is 0 Å². The first-order valence-corrected chi connectivity index (χ1v) is 10.4. The number of anilines is 1. The smallest absolute Gasteiger partial charge is 0.258 e. The van der Waals surface area contributed by atoms with Crippen LogP contribution in [0.1, 0.15) is 30.6 Å². The number of carbonyl (C=O) groups excluding carboxylic acids is 1. The summed E-state index contributed by atoms with van der Waals surface area (Å²) in [4.78, 5) is 14.5. The number of benzene rings is 2. The molecule has 0 spiro atoms. The van der Waals surface area contributed by atoms with E-state index >= 15 is 0 Å². The summed E-state index contributed by atoms with van der Waals surface area (Å²) < 4.78 is 32.3. The van der Waals surface area contributed by atoms with Gasteiger partial charge in [-0.05, 0) is 49.4 Å². The minimum Gasteiger partial charge on any atom is -0.494 e. The zero-order chi connectivity index (χ0) is 20.6. The van der Waals surface area contributed by atoms with Crippen molar-refractivity contribution in [1.82, 2.24) is 4.72 Å². The molecule has 1 N–H and O–H groups in total. The molecule has 28 heavy (non-hydrogen) atoms. The molecule has 0 atom stereocenters. The van der Waals surface area contributed by atoms with Gasteiger partial charge in [0.1, 0.15) is 5.75 Å². The molecule has 0 saturated heterocycles. The van der Waals surface area contributed by atoms with Crippen LogP contribution >= 0.6 is 0 Å². The molecule has 2 rings (SSSR count). The van der Waals surface area contributed by atoms with Crippen molar-refractivity contribution in [3.8, 4) is 11.8 Å². The number of hydrogen-bond acceptors (Lipinski definition) is 5. The monoisotopic (exact) mass is 401 g/mol. The van der Waals surface area contributed by atoms with E-state index in [1.165, 1.54) is 23.1 Å². The van der Waals surface area contributed by atoms with E-state index in [0.29, 0.717) is 18.0 Å². The van der Waals surface area contributed by atoms with Crippen molar-refractivity contribution in [2.75, 3.05) is 24.6 Å². The summed E-state index contributed by atoms with van der Waals surface area (Å²) in [5.41, 5.74) is 0.828. The van der Waals surface area contributed by atoms with Gasteiger partial charge in [-0.25, -0.2) is 13.1 Å². The molecule has 0 bridgehead atoms. The van der Waals surface area contributed by atoms with Crippen molar-refractivity contribution in [2.24, 2.45) is 0 Å². The van der Waals surface area contributed by atoms with Crippen LogP contribution in [0, 0.1) is 11.3 Å². The first kappa shape index (κ1) is 21.4. The van der Waals surface area contributed by atoms with E-state index in [9.17, 15) is 13.2 Å². The Kier molecular flexibility index (Phi) is 7.55. The van der Waals surface area contributed by atoms with Crippen molar-refractivity contribution < 1.29 is 17.9 Å². The van der Waals surface area contributed by atoms with Crippen molar-refractivity contribution in [1.29, 1.82) is 5.26 Å². The molecule has 7 nitrogen and oxygen atoms in total. The number of carbonyl (C=O) groups is 1. The van der Waals surface area contributed by atoms with Crippen LogP contribution in [0.4, 0.5) is 5.69 Å². The Labute approximate surface area is 165 Å². The largest absolute Gasteiger partial charge is 0.494 e. The van der Waals surface area contributed by atoms with Gasteiger partial charge in [0.25, 0.3) is 5.91 Å². The van der Waals surface area contributed by atoms with Crippen LogP contribution in [0.5, 0.6) is 5.75 Å². The van der Waals surface area contributed by atoms with Crippen molar-refractivity contribution in [3.63, 3.8) is 0 Å². The highest BCUT2D eigenvalue weighted by molar-refractivity contribution is 7.89. The average Bonchev–Trinajstić information content (AvgIpc) is 2.69. The summed E-state index contributed by atoms with van der Waals surface area (Å²) in [5.74, 6) is 0.297. The Morgan fingerprint density at radius 2 is 1.89 bits per heavy atom. The van der Waals surface area contributed by atoms with E-state index in [1.807, 2.05) is 13.0 Å². The van der Waals surface area contributed by atoms with Crippen LogP contribution in [-0.2, 0) is 10.0 Å². The highest BCUT2D eigenvalue weighted by atomic mass is 32.2. The Balaban J connectivity index is 2.36. The van der Waals surface area contributed by atoms with Gasteiger partial charge in [-0.2, -0.15) is 5.26 Å². The van der Waals surface area contributed by atoms with Gasteiger partial charge in [-0.3, -0.25) is 4.79 Å². The summed E-state index contributed by atoms with van der Waals surface area (Å²) >= 11 is 0. The Morgan fingerprint density at radius 3 is 2.50 bits per heavy atom. The Bertz CT molecular complexity index is 950. The molecule has 0 aliphatic heterocycles. The SMILES string of the molecule is CCNS(=O)(=O)c1cccc(C(=O)N(CCC#N)c2ccc(OCC)cc2)c1. The van der Waals surface area contributed by atoms with Gasteiger partial charge in [0.15, 0.2) is 0 Å². The molecule has 0 radical (unpaired) electrons. The lowest BCUT2D eigenvalue weighted by molar-refractivity contribution is 0.0987. The number of nitrogens with one attached hydrogen (secondary N) is 1. The molecule has 0 unspecified atom stereocenters. The van der Waals surface area contributed by atoms with Crippen LogP contribution in [0.2, 0.25) is 0 Å². The van der Waals surface area contributed by atoms with Gasteiger partial charge in [0.05, 0.1) is 24.0 Å². The fourth-order valence-corrected chi connectivity index (χ4v) is 3.71. The molecule has 148 valence electrons. The third kappa shape index (κ3) is 5.31. The predicted octanol–water partition coefficient (Wildman–Crippen LogP) is 2.94. The number of hydrogen-bond donors (Lipinski definition) is 1. The summed E-state index contributed by atoms with van der Waals surface area (Å²) in [7, 11) is -3.68. The van der Waals surface area contributed by atoms with Gasteiger partial charge in [-0.1, -0.05) is 13.0 Å². The highest BCUT2D eigenvalue weighted by Gasteiger charge is 2.20. The maximum atomic E-state index is 13.1. The van der Waals surface area contributed by atoms with E-state index in [1.54, 1.807) is 37.3 Å². The first-order chi connectivity index (χ1) is 13.4. The van der Waals surface area contributed by atoms with Crippen LogP contribution < -0.4 is 14.4 Å². The standard InChI is InChI=1S/C20H23N3O4S/c1-3-22-28(25,26)19-8-5-7-16(15-19)20(24)23(14-6-13-21)17-9-11-18(12-10-17)27-4-2/h5,7-12,15,22H,3-4,6,14H2,1-2H3. The lowest BCUT2D eigenvalue weighted by Crippen LogP contribution is -2.32. The van der Waals surface area contributed by atoms with E-state index in [0.717, 1.165) is 0 Å². The number of amides is 1. The molecule has 2 aromatic carbocycles. The van der Waals surface area contributed by atoms with E-state index in [4.69, 9.17) is 10.00 Å². The van der Waals surface area contributed by atoms with Crippen LogP contribution in [0.25, 0.3) is 0 Å². The molecular formula is C20H23N3O4S. The van der Waals surface area contributed by atoms with Gasteiger partial charge >= 0.3 is 0 Å². The number of nitrogens with zero attached hydrogens (tertiary/aromatic N) is 2. The second-order valence-electron chi connectivity index (χ2n) is 5.82. The summed E-state index contributed by atoms with van der Waals surface area (Å²) in [6.45, 7) is 4.53. The lowest BCUT2D eigenvalue weighted by Gasteiger charge is -2.22. The molecule has 0 fully saturated rings. The number of ether oxygens (including phenoxy) is 1. The third-order valence-corrected chi connectivity index (χ3v) is 5.42. The second-order valence-corrected chi connectivity index (χ2v) is 7.59. The molecule has 0 aromatic heterocycles. The summed E-state index contributed by atoms with van der Waals surface area (Å²) in [6.07, 6.45) is 0.147. The van der Waals surface area contributed by atoms with Gasteiger partial charge in [0.2, 0.25) is 10.0 Å². The lowest BCUT2D eigenvalue weighted by atomic mass is 10.1. The molecule has 0 heterocycles. The molecule has 2 aromatic rings. The summed E-state index contributed by atoms with van der Waals surface area (Å²) in [6, 6.07) is 14.9. The molecule has 0 saturated carbocycles. The Hall–Kier alpha value is -2.89. The summed E-state index contributed by atoms with van der Waals surface area (Å²) in [5, 5.41) is 8.94. The van der Waals surface area contributed by atoms with Crippen molar-refractivity contribution in [2.45, 2.75) is 25.2 Å². The predicted molar refractivity (Wildman–Crippen MR) is 107 cm³/mol. The number of rotatable bonds is 9. The molecular weight excluding hydrogens is 378 g/mol. The fraction of sp³-hybridized carbons (Fsp3) is 0.300. The Morgan fingerprint density at radius 1 is 1.18 bits per heavy atom. The van der Waals surface area contributed by atoms with Gasteiger partial charge in [0, 0.05) is 24.3 Å². The zero-order valence-corrected chi connectivity index (χ0v) is 16.7. The molecule has 0 aliphatic carbocycles. The quantitative estimate of drug-likeness (QED) is 0.696. The van der Waals surface area contributed by atoms with Crippen LogP contribution in [0.15, 0.2) is 53.4 Å². The van der Waals surface area contributed by atoms with E-state index in [2.05, 4.69) is 4.72 Å². The number of nitriles is 1. The van der Waals surface area contributed by atoms with Gasteiger partial charge < -0.3 is 9.64 Å². The minimum atomic E-state index is -3.68. The fourth-order valence-electron chi connectivity index (χ4n) is 2.62. The van der Waals surface area contributed by atoms with Crippen molar-refractivity contribution in [3.05, 3.63) is 54.1 Å². The molecule has 8 heteroatoms.